The number of carbonyl (C=O) groups excluding carboxylic acids is 1. The molecule has 138 valence electrons. The molecule has 1 aromatic heterocycles. The fraction of sp³-hybridized carbons (Fsp3) is 0. The van der Waals surface area contributed by atoms with Gasteiger partial charge in [-0.15, -0.1) is 0 Å². The summed E-state index contributed by atoms with van der Waals surface area (Å²) in [6.07, 6.45) is 4.75. The maximum atomic E-state index is 12.1. The Morgan fingerprint density at radius 1 is 1.22 bits per heavy atom. The van der Waals surface area contributed by atoms with E-state index in [1.807, 2.05) is 30.3 Å². The predicted octanol–water partition coefficient (Wildman–Crippen LogP) is 1.94. The molecule has 3 N–H and O–H groups in total. The van der Waals surface area contributed by atoms with E-state index in [0.717, 1.165) is 11.8 Å². The van der Waals surface area contributed by atoms with Gasteiger partial charge in [-0.3, -0.25) is 4.79 Å². The summed E-state index contributed by atoms with van der Waals surface area (Å²) in [5.74, 6) is -0.608. The van der Waals surface area contributed by atoms with Crippen LogP contribution in [0.25, 0.3) is 5.69 Å². The first-order chi connectivity index (χ1) is 12.8. The van der Waals surface area contributed by atoms with E-state index in [-0.39, 0.29) is 15.5 Å². The molecule has 1 heterocycles. The number of nitrogens with two attached hydrogens (primary N) is 1. The zero-order chi connectivity index (χ0) is 19.4. The maximum absolute atomic E-state index is 12.1. The molecule has 10 heteroatoms. The van der Waals surface area contributed by atoms with Crippen molar-refractivity contribution in [2.75, 3.05) is 0 Å². The summed E-state index contributed by atoms with van der Waals surface area (Å²) in [4.78, 5) is 11.8. The first-order valence-electron chi connectivity index (χ1n) is 7.60. The summed E-state index contributed by atoms with van der Waals surface area (Å²) in [6, 6.07) is 13.2. The number of benzene rings is 2. The highest BCUT2D eigenvalue weighted by atomic mass is 35.5. The second-order valence-electron chi connectivity index (χ2n) is 5.44. The van der Waals surface area contributed by atoms with Gasteiger partial charge >= 0.3 is 0 Å². The third-order valence-electron chi connectivity index (χ3n) is 3.50. The Balaban J connectivity index is 1.70. The molecule has 0 unspecified atom stereocenters. The fourth-order valence-corrected chi connectivity index (χ4v) is 3.29. The van der Waals surface area contributed by atoms with Crippen LogP contribution in [0.1, 0.15) is 15.9 Å². The largest absolute Gasteiger partial charge is 0.271 e. The number of primary sulfonamides is 1. The standard InChI is InChI=1S/C17H14ClN5O3S/c18-15-7-6-13(8-16(15)27(19,25)26)17(24)22-20-9-12-10-21-23(11-12)14-4-2-1-3-5-14/h1-11H,(H,22,24)(H2,19,25,26)/b20-9-. The van der Waals surface area contributed by atoms with Crippen LogP contribution in [0.3, 0.4) is 0 Å². The molecule has 0 aliphatic rings. The highest BCUT2D eigenvalue weighted by Crippen LogP contribution is 2.21. The van der Waals surface area contributed by atoms with Crippen molar-refractivity contribution in [1.29, 1.82) is 0 Å². The molecule has 0 spiro atoms. The molecule has 2 aromatic carbocycles. The first kappa shape index (κ1) is 18.8. The number of carbonyl (C=O) groups is 1. The van der Waals surface area contributed by atoms with Gasteiger partial charge in [-0.25, -0.2) is 23.7 Å². The quantitative estimate of drug-likeness (QED) is 0.499. The Kier molecular flexibility index (Phi) is 5.36. The number of hydrazone groups is 1. The Labute approximate surface area is 160 Å². The van der Waals surface area contributed by atoms with Gasteiger partial charge in [0, 0.05) is 17.3 Å². The average molecular weight is 404 g/mol. The van der Waals surface area contributed by atoms with E-state index in [9.17, 15) is 13.2 Å². The number of nitrogens with zero attached hydrogens (tertiary/aromatic N) is 3. The van der Waals surface area contributed by atoms with Crippen LogP contribution in [0, 0.1) is 0 Å². The van der Waals surface area contributed by atoms with E-state index < -0.39 is 15.9 Å². The molecular formula is C17H14ClN5O3S. The highest BCUT2D eigenvalue weighted by molar-refractivity contribution is 7.89. The van der Waals surface area contributed by atoms with E-state index >= 15 is 0 Å². The van der Waals surface area contributed by atoms with Gasteiger partial charge in [0.25, 0.3) is 5.91 Å². The number of nitrogens with one attached hydrogen (secondary N) is 1. The summed E-state index contributed by atoms with van der Waals surface area (Å²) in [6.45, 7) is 0. The number of sulfonamides is 1. The van der Waals surface area contributed by atoms with Crippen molar-refractivity contribution in [2.45, 2.75) is 4.90 Å². The van der Waals surface area contributed by atoms with Crippen molar-refractivity contribution in [3.05, 3.63) is 77.1 Å². The van der Waals surface area contributed by atoms with E-state index in [0.29, 0.717) is 5.56 Å². The van der Waals surface area contributed by atoms with Crippen molar-refractivity contribution in [2.24, 2.45) is 10.2 Å². The predicted molar refractivity (Wildman–Crippen MR) is 101 cm³/mol. The molecule has 0 radical (unpaired) electrons. The van der Waals surface area contributed by atoms with Crippen LogP contribution in [0.2, 0.25) is 5.02 Å². The Bertz CT molecular complexity index is 1110. The summed E-state index contributed by atoms with van der Waals surface area (Å²) in [5, 5.41) is 13.1. The van der Waals surface area contributed by atoms with Gasteiger partial charge in [-0.1, -0.05) is 29.8 Å². The minimum Gasteiger partial charge on any atom is -0.267 e. The summed E-state index contributed by atoms with van der Waals surface area (Å²) in [7, 11) is -4.04. The summed E-state index contributed by atoms with van der Waals surface area (Å²) < 4.78 is 24.6. The van der Waals surface area contributed by atoms with Crippen LogP contribution in [-0.4, -0.2) is 30.3 Å². The third kappa shape index (κ3) is 4.59. The van der Waals surface area contributed by atoms with Crippen molar-refractivity contribution < 1.29 is 13.2 Å². The second kappa shape index (κ2) is 7.70. The molecule has 0 atom stereocenters. The number of rotatable bonds is 5. The van der Waals surface area contributed by atoms with Crippen LogP contribution >= 0.6 is 11.6 Å². The lowest BCUT2D eigenvalue weighted by Crippen LogP contribution is -2.19. The van der Waals surface area contributed by atoms with Crippen LogP contribution in [0.4, 0.5) is 0 Å². The van der Waals surface area contributed by atoms with Crippen LogP contribution in [0.15, 0.2) is 70.9 Å². The molecule has 3 rings (SSSR count). The molecule has 0 fully saturated rings. The normalized spacial score (nSPS) is 11.6. The zero-order valence-electron chi connectivity index (χ0n) is 13.8. The molecule has 0 bridgehead atoms. The minimum atomic E-state index is -4.04. The van der Waals surface area contributed by atoms with Gasteiger partial charge in [-0.05, 0) is 30.3 Å². The lowest BCUT2D eigenvalue weighted by Gasteiger charge is -2.04. The van der Waals surface area contributed by atoms with Crippen LogP contribution in [-0.2, 0) is 10.0 Å². The van der Waals surface area contributed by atoms with E-state index in [2.05, 4.69) is 15.6 Å². The highest BCUT2D eigenvalue weighted by Gasteiger charge is 2.16. The van der Waals surface area contributed by atoms with Crippen molar-refractivity contribution in [3.8, 4) is 5.69 Å². The zero-order valence-corrected chi connectivity index (χ0v) is 15.4. The van der Waals surface area contributed by atoms with Gasteiger partial charge < -0.3 is 0 Å². The van der Waals surface area contributed by atoms with Gasteiger partial charge in [0.1, 0.15) is 4.90 Å². The lowest BCUT2D eigenvalue weighted by atomic mass is 10.2. The monoisotopic (exact) mass is 403 g/mol. The molecule has 8 nitrogen and oxygen atoms in total. The van der Waals surface area contributed by atoms with Crippen LogP contribution < -0.4 is 10.6 Å². The molecular weight excluding hydrogens is 390 g/mol. The molecule has 0 saturated heterocycles. The Hall–Kier alpha value is -3.01. The smallest absolute Gasteiger partial charge is 0.267 e. The Morgan fingerprint density at radius 2 is 1.96 bits per heavy atom. The molecule has 0 aliphatic carbocycles. The average Bonchev–Trinajstić information content (AvgIpc) is 3.10. The second-order valence-corrected chi connectivity index (χ2v) is 7.38. The number of para-hydroxylation sites is 1. The molecule has 0 saturated carbocycles. The number of halogens is 1. The molecule has 3 aromatic rings. The maximum Gasteiger partial charge on any atom is 0.271 e. The van der Waals surface area contributed by atoms with Crippen molar-refractivity contribution >= 4 is 33.7 Å². The van der Waals surface area contributed by atoms with Crippen molar-refractivity contribution in [1.82, 2.24) is 15.2 Å². The van der Waals surface area contributed by atoms with Crippen LogP contribution in [0.5, 0.6) is 0 Å². The van der Waals surface area contributed by atoms with E-state index in [1.54, 1.807) is 17.1 Å². The topological polar surface area (TPSA) is 119 Å². The molecule has 1 amide bonds. The molecule has 27 heavy (non-hydrogen) atoms. The van der Waals surface area contributed by atoms with E-state index in [4.69, 9.17) is 16.7 Å². The lowest BCUT2D eigenvalue weighted by molar-refractivity contribution is 0.0955. The van der Waals surface area contributed by atoms with Gasteiger partial charge in [0.15, 0.2) is 0 Å². The third-order valence-corrected chi connectivity index (χ3v) is 4.90. The number of hydrogen-bond acceptors (Lipinski definition) is 5. The number of amides is 1. The van der Waals surface area contributed by atoms with E-state index in [1.165, 1.54) is 18.3 Å². The van der Waals surface area contributed by atoms with Gasteiger partial charge in [0.2, 0.25) is 10.0 Å². The Morgan fingerprint density at radius 3 is 2.67 bits per heavy atom. The summed E-state index contributed by atoms with van der Waals surface area (Å²) in [5.41, 5.74) is 3.92. The number of hydrogen-bond donors (Lipinski definition) is 2. The van der Waals surface area contributed by atoms with Crippen molar-refractivity contribution in [3.63, 3.8) is 0 Å². The summed E-state index contributed by atoms with van der Waals surface area (Å²) >= 11 is 5.79. The fourth-order valence-electron chi connectivity index (χ4n) is 2.22. The molecule has 0 aliphatic heterocycles. The van der Waals surface area contributed by atoms with Gasteiger partial charge in [0.05, 0.1) is 23.1 Å². The minimum absolute atomic E-state index is 0.0561. The number of aromatic nitrogens is 2. The SMILES string of the molecule is NS(=O)(=O)c1cc(C(=O)N/N=C\c2cnn(-c3ccccc3)c2)ccc1Cl. The first-order valence-corrected chi connectivity index (χ1v) is 9.53. The van der Waals surface area contributed by atoms with Gasteiger partial charge in [-0.2, -0.15) is 10.2 Å².